The molecule has 0 spiro atoms. The van der Waals surface area contributed by atoms with Crippen LogP contribution in [0.25, 0.3) is 11.1 Å². The van der Waals surface area contributed by atoms with Gasteiger partial charge in [-0.25, -0.2) is 0 Å². The molecule has 3 aliphatic rings. The molecule has 2 aliphatic heterocycles. The highest BCUT2D eigenvalue weighted by molar-refractivity contribution is 5.63. The lowest BCUT2D eigenvalue weighted by atomic mass is 9.72. The Morgan fingerprint density at radius 1 is 0.913 bits per heavy atom. The molecule has 2 aromatic rings. The number of piperazine rings is 1. The van der Waals surface area contributed by atoms with Gasteiger partial charge in [0.2, 0.25) is 0 Å². The molecule has 3 nitrogen and oxygen atoms in total. The Kier molecular flexibility index (Phi) is 3.24. The van der Waals surface area contributed by atoms with Crippen LogP contribution in [-0.2, 0) is 0 Å². The van der Waals surface area contributed by atoms with Crippen LogP contribution in [0.15, 0.2) is 48.8 Å². The van der Waals surface area contributed by atoms with Crippen molar-refractivity contribution < 1.29 is 0 Å². The van der Waals surface area contributed by atoms with E-state index in [0.717, 1.165) is 24.9 Å². The fourth-order valence-electron chi connectivity index (χ4n) is 4.44. The van der Waals surface area contributed by atoms with Crippen molar-refractivity contribution in [2.24, 2.45) is 5.92 Å². The highest BCUT2D eigenvalue weighted by atomic mass is 15.3. The van der Waals surface area contributed by atoms with E-state index in [-0.39, 0.29) is 0 Å². The summed E-state index contributed by atoms with van der Waals surface area (Å²) in [6.07, 6.45) is 6.63. The molecule has 5 rings (SSSR count). The molecular weight excluding hydrogens is 282 g/mol. The number of aromatic nitrogens is 1. The number of hydrogen-bond acceptors (Lipinski definition) is 3. The van der Waals surface area contributed by atoms with Gasteiger partial charge in [-0.1, -0.05) is 24.3 Å². The first-order valence-electron chi connectivity index (χ1n) is 8.87. The number of hydrogen-bond donors (Lipinski definition) is 1. The minimum absolute atomic E-state index is 0.709. The fourth-order valence-corrected chi connectivity index (χ4v) is 4.44. The lowest BCUT2D eigenvalue weighted by molar-refractivity contribution is -0.0443. The van der Waals surface area contributed by atoms with Gasteiger partial charge in [-0.3, -0.25) is 9.88 Å². The van der Waals surface area contributed by atoms with Crippen LogP contribution in [-0.4, -0.2) is 41.6 Å². The maximum atomic E-state index is 4.10. The Hall–Kier alpha value is -1.71. The van der Waals surface area contributed by atoms with Gasteiger partial charge in [-0.15, -0.1) is 0 Å². The third kappa shape index (κ3) is 2.39. The van der Waals surface area contributed by atoms with Crippen LogP contribution in [0.4, 0.5) is 0 Å². The third-order valence-corrected chi connectivity index (χ3v) is 5.86. The molecule has 1 aromatic heterocycles. The first-order valence-corrected chi connectivity index (χ1v) is 8.87. The molecule has 1 aliphatic carbocycles. The topological polar surface area (TPSA) is 28.2 Å². The van der Waals surface area contributed by atoms with Crippen molar-refractivity contribution in [3.8, 4) is 11.1 Å². The monoisotopic (exact) mass is 305 g/mol. The van der Waals surface area contributed by atoms with Gasteiger partial charge in [0, 0.05) is 50.0 Å². The number of nitrogens with one attached hydrogen (secondary N) is 1. The number of piperidine rings is 1. The number of nitrogens with zero attached hydrogens (tertiary/aromatic N) is 2. The van der Waals surface area contributed by atoms with E-state index < -0.39 is 0 Å². The van der Waals surface area contributed by atoms with Crippen molar-refractivity contribution in [3.63, 3.8) is 0 Å². The summed E-state index contributed by atoms with van der Waals surface area (Å²) in [5, 5.41) is 3.60. The highest BCUT2D eigenvalue weighted by Gasteiger charge is 2.52. The molecule has 1 aromatic carbocycles. The predicted octanol–water partition coefficient (Wildman–Crippen LogP) is 2.90. The number of pyridine rings is 1. The largest absolute Gasteiger partial charge is 0.314 e. The van der Waals surface area contributed by atoms with E-state index in [2.05, 4.69) is 51.6 Å². The smallest absolute Gasteiger partial charge is 0.0308 e. The van der Waals surface area contributed by atoms with E-state index in [1.165, 1.54) is 36.1 Å². The minimum atomic E-state index is 0.709. The molecule has 1 saturated carbocycles. The van der Waals surface area contributed by atoms with Gasteiger partial charge in [0.25, 0.3) is 0 Å². The van der Waals surface area contributed by atoms with E-state index in [1.807, 2.05) is 12.4 Å². The second kappa shape index (κ2) is 5.43. The van der Waals surface area contributed by atoms with Crippen LogP contribution in [0, 0.1) is 5.92 Å². The van der Waals surface area contributed by atoms with Gasteiger partial charge in [0.1, 0.15) is 0 Å². The SMILES string of the molecule is c1cc(-c2ccc(C3[C@H]4CNC[C@@H]3N4CC3CC3)cc2)ccn1. The van der Waals surface area contributed by atoms with E-state index in [1.54, 1.807) is 0 Å². The first-order chi connectivity index (χ1) is 11.4. The normalized spacial score (nSPS) is 30.0. The quantitative estimate of drug-likeness (QED) is 0.941. The molecule has 2 bridgehead atoms. The molecule has 3 atom stereocenters. The molecule has 2 saturated heterocycles. The van der Waals surface area contributed by atoms with Crippen molar-refractivity contribution in [1.29, 1.82) is 0 Å². The number of likely N-dealkylation sites (tertiary alicyclic amines) is 1. The molecule has 1 N–H and O–H groups in total. The summed E-state index contributed by atoms with van der Waals surface area (Å²) in [6.45, 7) is 3.64. The van der Waals surface area contributed by atoms with Crippen molar-refractivity contribution in [2.45, 2.75) is 30.8 Å². The van der Waals surface area contributed by atoms with Gasteiger partial charge >= 0.3 is 0 Å². The van der Waals surface area contributed by atoms with Crippen molar-refractivity contribution >= 4 is 0 Å². The van der Waals surface area contributed by atoms with Crippen LogP contribution >= 0.6 is 0 Å². The van der Waals surface area contributed by atoms with Crippen LogP contribution in [0.5, 0.6) is 0 Å². The predicted molar refractivity (Wildman–Crippen MR) is 92.3 cm³/mol. The summed E-state index contributed by atoms with van der Waals surface area (Å²) >= 11 is 0. The molecule has 23 heavy (non-hydrogen) atoms. The maximum Gasteiger partial charge on any atom is 0.0308 e. The summed E-state index contributed by atoms with van der Waals surface area (Å²) in [7, 11) is 0. The van der Waals surface area contributed by atoms with Gasteiger partial charge in [0.15, 0.2) is 0 Å². The molecule has 3 heterocycles. The summed E-state index contributed by atoms with van der Waals surface area (Å²) in [4.78, 5) is 6.88. The molecule has 3 fully saturated rings. The summed E-state index contributed by atoms with van der Waals surface area (Å²) in [5.41, 5.74) is 4.05. The Morgan fingerprint density at radius 3 is 2.22 bits per heavy atom. The number of benzene rings is 1. The Labute approximate surface area is 137 Å². The van der Waals surface area contributed by atoms with Crippen molar-refractivity contribution in [2.75, 3.05) is 19.6 Å². The Bertz CT molecular complexity index is 666. The van der Waals surface area contributed by atoms with Gasteiger partial charge in [-0.05, 0) is 47.6 Å². The molecule has 0 amide bonds. The second-order valence-corrected chi connectivity index (χ2v) is 7.32. The summed E-state index contributed by atoms with van der Waals surface area (Å²) < 4.78 is 0. The van der Waals surface area contributed by atoms with Crippen LogP contribution in [0.2, 0.25) is 0 Å². The maximum absolute atomic E-state index is 4.10. The fraction of sp³-hybridized carbons (Fsp3) is 0.450. The van der Waals surface area contributed by atoms with Crippen LogP contribution in [0.3, 0.4) is 0 Å². The third-order valence-electron chi connectivity index (χ3n) is 5.86. The average molecular weight is 305 g/mol. The zero-order valence-electron chi connectivity index (χ0n) is 13.4. The van der Waals surface area contributed by atoms with Gasteiger partial charge in [0.05, 0.1) is 0 Å². The van der Waals surface area contributed by atoms with E-state index in [0.29, 0.717) is 12.1 Å². The number of fused-ring (bicyclic) bond motifs is 2. The molecule has 118 valence electrons. The van der Waals surface area contributed by atoms with Crippen LogP contribution in [0.1, 0.15) is 24.3 Å². The lowest BCUT2D eigenvalue weighted by Crippen LogP contribution is -2.72. The summed E-state index contributed by atoms with van der Waals surface area (Å²) in [6, 6.07) is 14.8. The highest BCUT2D eigenvalue weighted by Crippen LogP contribution is 2.45. The first kappa shape index (κ1) is 13.7. The van der Waals surface area contributed by atoms with Crippen molar-refractivity contribution in [3.05, 3.63) is 54.4 Å². The molecule has 3 heteroatoms. The lowest BCUT2D eigenvalue weighted by Gasteiger charge is -2.59. The Morgan fingerprint density at radius 2 is 1.57 bits per heavy atom. The average Bonchev–Trinajstić information content (AvgIpc) is 3.45. The zero-order chi connectivity index (χ0) is 15.2. The molecule has 0 radical (unpaired) electrons. The van der Waals surface area contributed by atoms with E-state index >= 15 is 0 Å². The zero-order valence-corrected chi connectivity index (χ0v) is 13.4. The van der Waals surface area contributed by atoms with Gasteiger partial charge < -0.3 is 5.32 Å². The van der Waals surface area contributed by atoms with E-state index in [9.17, 15) is 0 Å². The number of rotatable bonds is 4. The van der Waals surface area contributed by atoms with Crippen molar-refractivity contribution in [1.82, 2.24) is 15.2 Å². The second-order valence-electron chi connectivity index (χ2n) is 7.32. The van der Waals surface area contributed by atoms with E-state index in [4.69, 9.17) is 0 Å². The standard InChI is InChI=1S/C20H23N3/c1-2-14(1)13-23-18-11-22-12-19(23)20(18)17-5-3-15(4-6-17)16-7-9-21-10-8-16/h3-10,14,18-20,22H,1-2,11-13H2/t18-,19+,20?. The van der Waals surface area contributed by atoms with Crippen LogP contribution < -0.4 is 5.32 Å². The molecule has 1 unspecified atom stereocenters. The Balaban J connectivity index is 1.36. The summed E-state index contributed by atoms with van der Waals surface area (Å²) in [5.74, 6) is 1.72. The molecular formula is C20H23N3. The van der Waals surface area contributed by atoms with Gasteiger partial charge in [-0.2, -0.15) is 0 Å². The minimum Gasteiger partial charge on any atom is -0.314 e.